The van der Waals surface area contributed by atoms with Crippen LogP contribution in [0.15, 0.2) is 42.7 Å². The molecule has 0 atom stereocenters. The summed E-state index contributed by atoms with van der Waals surface area (Å²) in [6.07, 6.45) is 6.89. The minimum absolute atomic E-state index is 0.0724. The fourth-order valence-corrected chi connectivity index (χ4v) is 3.26. The van der Waals surface area contributed by atoms with E-state index >= 15 is 0 Å². The number of likely N-dealkylation sites (tertiary alicyclic amines) is 1. The summed E-state index contributed by atoms with van der Waals surface area (Å²) in [5, 5.41) is 3.04. The highest BCUT2D eigenvalue weighted by atomic mass is 16.2. The lowest BCUT2D eigenvalue weighted by molar-refractivity contribution is 0.165. The van der Waals surface area contributed by atoms with Gasteiger partial charge in [-0.1, -0.05) is 30.3 Å². The number of rotatable bonds is 5. The molecule has 5 heteroatoms. The zero-order valence-corrected chi connectivity index (χ0v) is 14.3. The van der Waals surface area contributed by atoms with Gasteiger partial charge in [-0.05, 0) is 37.7 Å². The van der Waals surface area contributed by atoms with Crippen LogP contribution in [-0.2, 0) is 13.0 Å². The number of piperidine rings is 1. The first kappa shape index (κ1) is 16.6. The van der Waals surface area contributed by atoms with E-state index in [1.165, 1.54) is 5.56 Å². The van der Waals surface area contributed by atoms with Crippen LogP contribution in [0.4, 0.5) is 4.79 Å². The van der Waals surface area contributed by atoms with Gasteiger partial charge in [-0.25, -0.2) is 9.78 Å². The minimum atomic E-state index is 0.0724. The summed E-state index contributed by atoms with van der Waals surface area (Å²) in [5.74, 6) is 1.70. The second kappa shape index (κ2) is 7.99. The highest BCUT2D eigenvalue weighted by Crippen LogP contribution is 2.19. The molecule has 2 heterocycles. The van der Waals surface area contributed by atoms with Crippen LogP contribution in [0.3, 0.4) is 0 Å². The van der Waals surface area contributed by atoms with Crippen LogP contribution in [0, 0.1) is 12.8 Å². The molecule has 5 nitrogen and oxygen atoms in total. The third-order valence-corrected chi connectivity index (χ3v) is 4.81. The van der Waals surface area contributed by atoms with Crippen LogP contribution in [0.25, 0.3) is 0 Å². The van der Waals surface area contributed by atoms with Crippen molar-refractivity contribution in [2.24, 2.45) is 5.92 Å². The Balaban J connectivity index is 1.38. The number of imidazole rings is 1. The quantitative estimate of drug-likeness (QED) is 0.918. The van der Waals surface area contributed by atoms with Crippen molar-refractivity contribution in [1.29, 1.82) is 0 Å². The second-order valence-electron chi connectivity index (χ2n) is 6.52. The summed E-state index contributed by atoms with van der Waals surface area (Å²) >= 11 is 0. The van der Waals surface area contributed by atoms with Gasteiger partial charge in [-0.3, -0.25) is 0 Å². The van der Waals surface area contributed by atoms with E-state index in [-0.39, 0.29) is 6.03 Å². The molecule has 0 aliphatic carbocycles. The van der Waals surface area contributed by atoms with Gasteiger partial charge in [0.15, 0.2) is 0 Å². The molecule has 128 valence electrons. The van der Waals surface area contributed by atoms with Crippen LogP contribution in [0.5, 0.6) is 0 Å². The summed E-state index contributed by atoms with van der Waals surface area (Å²) in [7, 11) is 0. The van der Waals surface area contributed by atoms with Crippen molar-refractivity contribution in [2.45, 2.75) is 32.7 Å². The average molecular weight is 326 g/mol. The summed E-state index contributed by atoms with van der Waals surface area (Å²) < 4.78 is 2.21. The van der Waals surface area contributed by atoms with Gasteiger partial charge in [-0.2, -0.15) is 0 Å². The van der Waals surface area contributed by atoms with E-state index in [4.69, 9.17) is 0 Å². The molecule has 1 fully saturated rings. The summed E-state index contributed by atoms with van der Waals surface area (Å²) in [6.45, 7) is 5.42. The predicted molar refractivity (Wildman–Crippen MR) is 94.8 cm³/mol. The molecule has 1 saturated heterocycles. The number of carbonyl (C=O) groups is 1. The molecule has 0 saturated carbocycles. The van der Waals surface area contributed by atoms with Gasteiger partial charge < -0.3 is 14.8 Å². The molecule has 2 aromatic rings. The fraction of sp³-hybridized carbons (Fsp3) is 0.474. The Hall–Kier alpha value is -2.30. The first-order chi connectivity index (χ1) is 11.7. The van der Waals surface area contributed by atoms with E-state index in [0.717, 1.165) is 44.7 Å². The number of nitrogens with one attached hydrogen (secondary N) is 1. The molecule has 0 unspecified atom stereocenters. The van der Waals surface area contributed by atoms with Crippen LogP contribution < -0.4 is 5.32 Å². The van der Waals surface area contributed by atoms with Crippen LogP contribution in [0.1, 0.15) is 24.2 Å². The highest BCUT2D eigenvalue weighted by molar-refractivity contribution is 5.74. The van der Waals surface area contributed by atoms with E-state index in [0.29, 0.717) is 12.5 Å². The number of benzene rings is 1. The average Bonchev–Trinajstić information content (AvgIpc) is 3.01. The van der Waals surface area contributed by atoms with E-state index in [9.17, 15) is 4.79 Å². The maximum atomic E-state index is 12.3. The Morgan fingerprint density at radius 2 is 2.00 bits per heavy atom. The van der Waals surface area contributed by atoms with Crippen molar-refractivity contribution in [1.82, 2.24) is 19.8 Å². The number of amides is 2. The third kappa shape index (κ3) is 4.37. The molecule has 1 aliphatic heterocycles. The molecule has 0 radical (unpaired) electrons. The van der Waals surface area contributed by atoms with Gasteiger partial charge in [0.25, 0.3) is 0 Å². The van der Waals surface area contributed by atoms with Gasteiger partial charge >= 0.3 is 6.03 Å². The number of carbonyl (C=O) groups excluding carboxylic acids is 1. The molecule has 0 spiro atoms. The molecule has 1 aromatic carbocycles. The first-order valence-corrected chi connectivity index (χ1v) is 8.77. The molecule has 1 N–H and O–H groups in total. The zero-order valence-electron chi connectivity index (χ0n) is 14.3. The lowest BCUT2D eigenvalue weighted by atomic mass is 9.97. The number of aryl methyl sites for hydroxylation is 1. The van der Waals surface area contributed by atoms with Crippen molar-refractivity contribution in [2.75, 3.05) is 19.6 Å². The molecule has 2 amide bonds. The molecule has 3 rings (SSSR count). The second-order valence-corrected chi connectivity index (χ2v) is 6.52. The smallest absolute Gasteiger partial charge is 0.317 e. The standard InChI is InChI=1S/C19H26N4O/c1-16-20-11-14-23(16)15-18-8-12-22(13-9-18)19(24)21-10-7-17-5-3-2-4-6-17/h2-6,11,14,18H,7-10,12-13,15H2,1H3,(H,21,24). The predicted octanol–water partition coefficient (Wildman–Crippen LogP) is 2.86. The van der Waals surface area contributed by atoms with Gasteiger partial charge in [0.2, 0.25) is 0 Å². The van der Waals surface area contributed by atoms with Crippen LogP contribution >= 0.6 is 0 Å². The van der Waals surface area contributed by atoms with E-state index in [1.807, 2.05) is 42.4 Å². The summed E-state index contributed by atoms with van der Waals surface area (Å²) in [4.78, 5) is 18.5. The Bertz CT molecular complexity index is 644. The van der Waals surface area contributed by atoms with Gasteiger partial charge in [0.05, 0.1) is 0 Å². The maximum absolute atomic E-state index is 12.3. The normalized spacial score (nSPS) is 15.5. The highest BCUT2D eigenvalue weighted by Gasteiger charge is 2.23. The van der Waals surface area contributed by atoms with Crippen molar-refractivity contribution < 1.29 is 4.79 Å². The number of hydrogen-bond donors (Lipinski definition) is 1. The molecule has 24 heavy (non-hydrogen) atoms. The number of urea groups is 1. The first-order valence-electron chi connectivity index (χ1n) is 8.77. The number of nitrogens with zero attached hydrogens (tertiary/aromatic N) is 3. The molecule has 1 aliphatic rings. The van der Waals surface area contributed by atoms with Crippen LogP contribution in [0.2, 0.25) is 0 Å². The summed E-state index contributed by atoms with van der Waals surface area (Å²) in [6, 6.07) is 10.3. The Kier molecular flexibility index (Phi) is 5.51. The monoisotopic (exact) mass is 326 g/mol. The number of aromatic nitrogens is 2. The van der Waals surface area contributed by atoms with Gasteiger partial charge in [0.1, 0.15) is 5.82 Å². The molecular formula is C19H26N4O. The van der Waals surface area contributed by atoms with Gasteiger partial charge in [0, 0.05) is 38.6 Å². The van der Waals surface area contributed by atoms with Crippen molar-refractivity contribution in [3.63, 3.8) is 0 Å². The Morgan fingerprint density at radius 3 is 2.67 bits per heavy atom. The number of hydrogen-bond acceptors (Lipinski definition) is 2. The van der Waals surface area contributed by atoms with Crippen molar-refractivity contribution in [3.05, 3.63) is 54.1 Å². The minimum Gasteiger partial charge on any atom is -0.338 e. The van der Waals surface area contributed by atoms with Crippen molar-refractivity contribution in [3.8, 4) is 0 Å². The van der Waals surface area contributed by atoms with Gasteiger partial charge in [-0.15, -0.1) is 0 Å². The topological polar surface area (TPSA) is 50.2 Å². The van der Waals surface area contributed by atoms with E-state index < -0.39 is 0 Å². The molecule has 1 aromatic heterocycles. The maximum Gasteiger partial charge on any atom is 0.317 e. The summed E-state index contributed by atoms with van der Waals surface area (Å²) in [5.41, 5.74) is 1.26. The van der Waals surface area contributed by atoms with Crippen molar-refractivity contribution >= 4 is 6.03 Å². The molecule has 0 bridgehead atoms. The largest absolute Gasteiger partial charge is 0.338 e. The Morgan fingerprint density at radius 1 is 1.25 bits per heavy atom. The van der Waals surface area contributed by atoms with E-state index in [2.05, 4.69) is 27.0 Å². The molecular weight excluding hydrogens is 300 g/mol. The SMILES string of the molecule is Cc1nccn1CC1CCN(C(=O)NCCc2ccccc2)CC1. The van der Waals surface area contributed by atoms with E-state index in [1.54, 1.807) is 0 Å². The lowest BCUT2D eigenvalue weighted by Gasteiger charge is -2.32. The Labute approximate surface area is 143 Å². The third-order valence-electron chi connectivity index (χ3n) is 4.81. The van der Waals surface area contributed by atoms with Crippen LogP contribution in [-0.4, -0.2) is 40.1 Å². The lowest BCUT2D eigenvalue weighted by Crippen LogP contribution is -2.45. The fourth-order valence-electron chi connectivity index (χ4n) is 3.26. The zero-order chi connectivity index (χ0) is 16.8.